The van der Waals surface area contributed by atoms with Crippen LogP contribution in [-0.2, 0) is 35.6 Å². The van der Waals surface area contributed by atoms with Crippen LogP contribution in [0.2, 0.25) is 0 Å². The van der Waals surface area contributed by atoms with Gasteiger partial charge in [0.25, 0.3) is 10.0 Å². The highest BCUT2D eigenvalue weighted by molar-refractivity contribution is 7.90. The van der Waals surface area contributed by atoms with Gasteiger partial charge in [-0.15, -0.1) is 0 Å². The molecule has 0 aromatic heterocycles. The van der Waals surface area contributed by atoms with Crippen molar-refractivity contribution in [1.82, 2.24) is 4.72 Å². The highest BCUT2D eigenvalue weighted by Crippen LogP contribution is 2.42. The van der Waals surface area contributed by atoms with Crippen LogP contribution in [0.3, 0.4) is 0 Å². The molecule has 0 spiro atoms. The zero-order chi connectivity index (χ0) is 45.9. The third kappa shape index (κ3) is 12.4. The number of hydrogen-bond donors (Lipinski definition) is 2. The summed E-state index contributed by atoms with van der Waals surface area (Å²) in [4.78, 5) is 3.47. The topological polar surface area (TPSA) is 189 Å². The fraction of sp³-hybridized carbons (Fsp3) is 0.600. The summed E-state index contributed by atoms with van der Waals surface area (Å²) in [6.07, 6.45) is 0. The molecule has 1 aliphatic rings. The Morgan fingerprint density at radius 2 is 0.864 bits per heavy atom. The van der Waals surface area contributed by atoms with Crippen molar-refractivity contribution in [2.75, 3.05) is 0 Å². The Balaban J connectivity index is 0.000000306. The second-order valence-electron chi connectivity index (χ2n) is 18.7. The standard InChI is InChI=1S/C15H23N3O2S.C15H23NO2S.C15H25NO2S/c1-9(2)12-7-13(10(3)4)15(14(8-12)11(5)6)21(19,20)18-17-16;1-9(2)11-7-12(10(3)4)14-13(8-11)15(5,6)16-19(14,17)18;1-9(2)12-7-13(10(3)4)15(19(16,17)18)14(8-12)11(5)6/h7-11H,1-6H3;7-10,16H,1-6H3;7-11H,1-6H3,(H2,16,17,18). The molecule has 0 saturated heterocycles. The highest BCUT2D eigenvalue weighted by Gasteiger charge is 2.42. The van der Waals surface area contributed by atoms with E-state index in [1.807, 2.05) is 113 Å². The zero-order valence-corrected chi connectivity index (χ0v) is 41.1. The second kappa shape index (κ2) is 19.6. The van der Waals surface area contributed by atoms with Gasteiger partial charge in [-0.05, 0) is 117 Å². The van der Waals surface area contributed by atoms with Gasteiger partial charge in [0, 0.05) is 9.43 Å². The number of benzene rings is 3. The predicted octanol–water partition coefficient (Wildman–Crippen LogP) is 12.2. The number of nitrogens with two attached hydrogens (primary N) is 1. The minimum Gasteiger partial charge on any atom is -0.225 e. The van der Waals surface area contributed by atoms with Gasteiger partial charge >= 0.3 is 0 Å². The van der Waals surface area contributed by atoms with Crippen molar-refractivity contribution in [2.45, 2.75) is 192 Å². The summed E-state index contributed by atoms with van der Waals surface area (Å²) in [5.41, 5.74) is 16.4. The summed E-state index contributed by atoms with van der Waals surface area (Å²) < 4.78 is 79.1. The lowest BCUT2D eigenvalue weighted by molar-refractivity contribution is 0.493. The number of primary sulfonamides is 1. The highest BCUT2D eigenvalue weighted by atomic mass is 32.2. The summed E-state index contributed by atoms with van der Waals surface area (Å²) in [6, 6.07) is 11.9. The molecule has 0 amide bonds. The summed E-state index contributed by atoms with van der Waals surface area (Å²) in [7, 11) is -11.1. The summed E-state index contributed by atoms with van der Waals surface area (Å²) >= 11 is 0. The minimum atomic E-state index is -4.00. The van der Waals surface area contributed by atoms with Gasteiger partial charge in [-0.25, -0.2) is 35.1 Å². The van der Waals surface area contributed by atoms with Gasteiger partial charge in [0.15, 0.2) is 0 Å². The van der Waals surface area contributed by atoms with Gasteiger partial charge in [0.2, 0.25) is 20.0 Å². The fourth-order valence-electron chi connectivity index (χ4n) is 7.14. The molecule has 1 heterocycles. The molecule has 330 valence electrons. The average molecular weight is 874 g/mol. The Hall–Kier alpha value is -3.26. The van der Waals surface area contributed by atoms with Gasteiger partial charge in [0.05, 0.1) is 20.2 Å². The van der Waals surface area contributed by atoms with E-state index in [-0.39, 0.29) is 34.5 Å². The molecule has 0 saturated carbocycles. The fourth-order valence-corrected chi connectivity index (χ4v) is 11.8. The van der Waals surface area contributed by atoms with Crippen LogP contribution in [-0.4, -0.2) is 25.3 Å². The maximum Gasteiger partial charge on any atom is 0.264 e. The lowest BCUT2D eigenvalue weighted by atomic mass is 9.87. The van der Waals surface area contributed by atoms with Crippen molar-refractivity contribution in [3.63, 3.8) is 0 Å². The van der Waals surface area contributed by atoms with Gasteiger partial charge in [-0.1, -0.05) is 147 Å². The van der Waals surface area contributed by atoms with Crippen molar-refractivity contribution in [1.29, 1.82) is 0 Å². The smallest absolute Gasteiger partial charge is 0.225 e. The molecule has 3 aromatic carbocycles. The van der Waals surface area contributed by atoms with Crippen LogP contribution in [0.15, 0.2) is 55.6 Å². The molecule has 3 aromatic rings. The second-order valence-corrected chi connectivity index (χ2v) is 23.3. The molecule has 0 bridgehead atoms. The van der Waals surface area contributed by atoms with E-state index in [0.29, 0.717) is 27.5 Å². The van der Waals surface area contributed by atoms with Crippen molar-refractivity contribution >= 4 is 30.1 Å². The lowest BCUT2D eigenvalue weighted by Crippen LogP contribution is -2.32. The van der Waals surface area contributed by atoms with Crippen molar-refractivity contribution in [2.24, 2.45) is 9.66 Å². The summed E-state index contributed by atoms with van der Waals surface area (Å²) in [5, 5.41) is 5.43. The van der Waals surface area contributed by atoms with E-state index in [0.717, 1.165) is 38.9 Å². The van der Waals surface area contributed by atoms with Crippen molar-refractivity contribution < 1.29 is 25.3 Å². The third-order valence-corrected chi connectivity index (χ3v) is 14.7. The number of rotatable bonds is 11. The lowest BCUT2D eigenvalue weighted by Gasteiger charge is -2.21. The van der Waals surface area contributed by atoms with Crippen LogP contribution < -0.4 is 9.86 Å². The van der Waals surface area contributed by atoms with E-state index in [4.69, 9.17) is 10.7 Å². The number of azide groups is 1. The average Bonchev–Trinajstić information content (AvgIpc) is 3.28. The van der Waals surface area contributed by atoms with Crippen molar-refractivity contribution in [3.8, 4) is 0 Å². The van der Waals surface area contributed by atoms with E-state index >= 15 is 0 Å². The molecule has 0 radical (unpaired) electrons. The molecular formula is C45H71N5O6S3. The first-order valence-electron chi connectivity index (χ1n) is 20.6. The van der Waals surface area contributed by atoms with Gasteiger partial charge in [-0.2, -0.15) is 0 Å². The largest absolute Gasteiger partial charge is 0.264 e. The van der Waals surface area contributed by atoms with Crippen LogP contribution in [0.4, 0.5) is 0 Å². The van der Waals surface area contributed by atoms with E-state index in [9.17, 15) is 25.3 Å². The molecule has 0 aliphatic carbocycles. The third-order valence-electron chi connectivity index (χ3n) is 10.6. The number of sulfonamides is 3. The monoisotopic (exact) mass is 873 g/mol. The summed E-state index contributed by atoms with van der Waals surface area (Å²) in [6.45, 7) is 36.3. The Kier molecular flexibility index (Phi) is 17.3. The van der Waals surface area contributed by atoms with E-state index < -0.39 is 35.6 Å². The molecule has 4 rings (SSSR count). The molecular weight excluding hydrogens is 803 g/mol. The molecule has 0 unspecified atom stereocenters. The normalized spacial score (nSPS) is 14.8. The molecule has 14 heteroatoms. The predicted molar refractivity (Wildman–Crippen MR) is 243 cm³/mol. The van der Waals surface area contributed by atoms with Gasteiger partial charge in [0.1, 0.15) is 0 Å². The Labute approximate surface area is 357 Å². The van der Waals surface area contributed by atoms with Crippen molar-refractivity contribution in [3.05, 3.63) is 96.9 Å². The van der Waals surface area contributed by atoms with Gasteiger partial charge < -0.3 is 0 Å². The maximum absolute atomic E-state index is 12.4. The molecule has 0 fully saturated rings. The van der Waals surface area contributed by atoms with Gasteiger partial charge in [-0.3, -0.25) is 0 Å². The van der Waals surface area contributed by atoms with Crippen LogP contribution >= 0.6 is 0 Å². The number of hydrogen-bond acceptors (Lipinski definition) is 6. The first-order valence-corrected chi connectivity index (χ1v) is 25.1. The zero-order valence-electron chi connectivity index (χ0n) is 38.7. The first kappa shape index (κ1) is 51.9. The van der Waals surface area contributed by atoms with E-state index in [2.05, 4.69) is 61.8 Å². The van der Waals surface area contributed by atoms with Crippen LogP contribution in [0.5, 0.6) is 0 Å². The molecule has 0 atom stereocenters. The van der Waals surface area contributed by atoms with E-state index in [1.165, 1.54) is 11.1 Å². The van der Waals surface area contributed by atoms with Crippen LogP contribution in [0, 0.1) is 0 Å². The minimum absolute atomic E-state index is 0.0277. The number of nitrogens with one attached hydrogen (secondary N) is 1. The molecule has 11 nitrogen and oxygen atoms in total. The van der Waals surface area contributed by atoms with E-state index in [1.54, 1.807) is 0 Å². The number of nitrogens with zero attached hydrogens (tertiary/aromatic N) is 3. The quantitative estimate of drug-likeness (QED) is 0.109. The first-order chi connectivity index (χ1) is 26.7. The van der Waals surface area contributed by atoms with Crippen LogP contribution in [0.1, 0.15) is 222 Å². The number of fused-ring (bicyclic) bond motifs is 1. The molecule has 1 aliphatic heterocycles. The molecule has 59 heavy (non-hydrogen) atoms. The molecule has 3 N–H and O–H groups in total. The Morgan fingerprint density at radius 3 is 1.15 bits per heavy atom. The maximum atomic E-state index is 12.4. The Morgan fingerprint density at radius 1 is 0.559 bits per heavy atom. The van der Waals surface area contributed by atoms with Crippen LogP contribution in [0.25, 0.3) is 10.4 Å². The Bertz CT molecular complexity index is 2290. The SMILES string of the molecule is CC(C)c1cc(C(C)C)c(S(=O)(=O)N=[N+]=[N-])c(C(C)C)c1.CC(C)c1cc(C(C)C)c(S(N)(=O)=O)c(C(C)C)c1.CC(C)c1cc(C(C)C)c2c(c1)C(C)(C)NS2(=O)=O. The summed E-state index contributed by atoms with van der Waals surface area (Å²) in [5.74, 6) is 1.56.